The van der Waals surface area contributed by atoms with E-state index in [2.05, 4.69) is 79.3 Å². The van der Waals surface area contributed by atoms with Gasteiger partial charge in [-0.15, -0.1) is 6.58 Å². The van der Waals surface area contributed by atoms with Gasteiger partial charge >= 0.3 is 0 Å². The Balaban J connectivity index is 4.53. The van der Waals surface area contributed by atoms with Crippen molar-refractivity contribution in [2.24, 2.45) is 17.8 Å². The first kappa shape index (κ1) is 26.0. The second-order valence-electron chi connectivity index (χ2n) is 9.22. The van der Waals surface area contributed by atoms with Crippen molar-refractivity contribution in [3.05, 3.63) is 47.6 Å². The average molecular weight is 373 g/mol. The molecule has 0 rings (SSSR count). The van der Waals surface area contributed by atoms with Crippen LogP contribution in [0.25, 0.3) is 0 Å². The molecule has 0 spiro atoms. The maximum Gasteiger partial charge on any atom is -0.0230 e. The maximum atomic E-state index is 3.94. The van der Waals surface area contributed by atoms with Gasteiger partial charge in [0.05, 0.1) is 0 Å². The van der Waals surface area contributed by atoms with Crippen LogP contribution in [-0.4, -0.2) is 0 Å². The minimum Gasteiger partial charge on any atom is -0.103 e. The van der Waals surface area contributed by atoms with E-state index in [0.29, 0.717) is 5.92 Å². The lowest BCUT2D eigenvalue weighted by Gasteiger charge is -2.18. The molecule has 0 aromatic carbocycles. The Labute approximate surface area is 171 Å². The molecule has 0 amide bonds. The van der Waals surface area contributed by atoms with Crippen molar-refractivity contribution in [3.63, 3.8) is 0 Å². The zero-order valence-electron chi connectivity index (χ0n) is 19.6. The van der Waals surface area contributed by atoms with Gasteiger partial charge in [0, 0.05) is 0 Å². The van der Waals surface area contributed by atoms with Crippen LogP contribution in [0, 0.1) is 17.8 Å². The number of allylic oxidation sites excluding steroid dienone is 7. The molecule has 2 atom stereocenters. The zero-order chi connectivity index (χ0) is 20.7. The van der Waals surface area contributed by atoms with Crippen LogP contribution in [0.15, 0.2) is 47.6 Å². The van der Waals surface area contributed by atoms with Gasteiger partial charge in [-0.2, -0.15) is 0 Å². The first-order valence-electron chi connectivity index (χ1n) is 11.4. The molecule has 0 N–H and O–H groups in total. The van der Waals surface area contributed by atoms with Gasteiger partial charge < -0.3 is 0 Å². The fourth-order valence-electron chi connectivity index (χ4n) is 3.35. The summed E-state index contributed by atoms with van der Waals surface area (Å²) in [5, 5.41) is 0. The van der Waals surface area contributed by atoms with E-state index in [-0.39, 0.29) is 0 Å². The lowest BCUT2D eigenvalue weighted by atomic mass is 9.88. The Morgan fingerprint density at radius 3 is 2.11 bits per heavy atom. The largest absolute Gasteiger partial charge is 0.103 e. The lowest BCUT2D eigenvalue weighted by Crippen LogP contribution is -2.02. The molecule has 27 heavy (non-hydrogen) atoms. The predicted octanol–water partition coefficient (Wildman–Crippen LogP) is 9.45. The molecular formula is C27H48. The lowest BCUT2D eigenvalue weighted by molar-refractivity contribution is 0.481. The summed E-state index contributed by atoms with van der Waals surface area (Å²) in [6.07, 6.45) is 20.7. The molecule has 0 nitrogen and oxygen atoms in total. The van der Waals surface area contributed by atoms with Crippen LogP contribution in [0.5, 0.6) is 0 Å². The van der Waals surface area contributed by atoms with Gasteiger partial charge in [-0.1, -0.05) is 81.6 Å². The SMILES string of the molecule is C=CC(C)C/C=C(/CCC/C=C(/C)CCC=C(C)C)C(C)CCCC(C)C. The molecule has 0 saturated carbocycles. The number of rotatable bonds is 15. The highest BCUT2D eigenvalue weighted by Gasteiger charge is 2.09. The normalized spacial score (nSPS) is 15.0. The van der Waals surface area contributed by atoms with Crippen molar-refractivity contribution in [3.8, 4) is 0 Å². The smallest absolute Gasteiger partial charge is 0.0230 e. The van der Waals surface area contributed by atoms with Crippen LogP contribution in [-0.2, 0) is 0 Å². The number of hydrogen-bond acceptors (Lipinski definition) is 0. The molecule has 0 heteroatoms. The van der Waals surface area contributed by atoms with Crippen molar-refractivity contribution in [1.82, 2.24) is 0 Å². The molecule has 0 aliphatic heterocycles. The first-order chi connectivity index (χ1) is 12.8. The number of unbranched alkanes of at least 4 members (excludes halogenated alkanes) is 1. The third-order valence-corrected chi connectivity index (χ3v) is 5.46. The quantitative estimate of drug-likeness (QED) is 0.198. The van der Waals surface area contributed by atoms with Gasteiger partial charge in [-0.05, 0) is 83.5 Å². The summed E-state index contributed by atoms with van der Waals surface area (Å²) in [5.74, 6) is 2.13. The highest BCUT2D eigenvalue weighted by molar-refractivity contribution is 5.08. The number of hydrogen-bond donors (Lipinski definition) is 0. The molecule has 0 heterocycles. The van der Waals surface area contributed by atoms with Crippen molar-refractivity contribution in [1.29, 1.82) is 0 Å². The Kier molecular flexibility index (Phi) is 15.3. The molecule has 0 saturated heterocycles. The molecule has 0 bridgehead atoms. The molecule has 0 radical (unpaired) electrons. The van der Waals surface area contributed by atoms with E-state index in [4.69, 9.17) is 0 Å². The van der Waals surface area contributed by atoms with Gasteiger partial charge in [0.1, 0.15) is 0 Å². The van der Waals surface area contributed by atoms with Crippen molar-refractivity contribution in [2.75, 3.05) is 0 Å². The fraction of sp³-hybridized carbons (Fsp3) is 0.704. The minimum atomic E-state index is 0.583. The summed E-state index contributed by atoms with van der Waals surface area (Å²) in [5.41, 5.74) is 4.66. The predicted molar refractivity (Wildman–Crippen MR) is 126 cm³/mol. The summed E-state index contributed by atoms with van der Waals surface area (Å²) >= 11 is 0. The van der Waals surface area contributed by atoms with E-state index < -0.39 is 0 Å². The fourth-order valence-corrected chi connectivity index (χ4v) is 3.35. The molecule has 0 fully saturated rings. The van der Waals surface area contributed by atoms with Gasteiger partial charge in [0.15, 0.2) is 0 Å². The molecule has 0 aromatic heterocycles. The summed E-state index contributed by atoms with van der Waals surface area (Å²) in [6, 6.07) is 0. The monoisotopic (exact) mass is 372 g/mol. The summed E-state index contributed by atoms with van der Waals surface area (Å²) in [7, 11) is 0. The van der Waals surface area contributed by atoms with Crippen LogP contribution < -0.4 is 0 Å². The van der Waals surface area contributed by atoms with Crippen LogP contribution in [0.1, 0.15) is 106 Å². The zero-order valence-corrected chi connectivity index (χ0v) is 19.6. The van der Waals surface area contributed by atoms with Crippen LogP contribution in [0.3, 0.4) is 0 Å². The van der Waals surface area contributed by atoms with E-state index in [1.165, 1.54) is 56.9 Å². The Hall–Kier alpha value is -1.04. The highest BCUT2D eigenvalue weighted by atomic mass is 14.2. The van der Waals surface area contributed by atoms with Gasteiger partial charge in [0.2, 0.25) is 0 Å². The summed E-state index contributed by atoms with van der Waals surface area (Å²) in [4.78, 5) is 0. The van der Waals surface area contributed by atoms with Gasteiger partial charge in [0.25, 0.3) is 0 Å². The van der Waals surface area contributed by atoms with Crippen LogP contribution >= 0.6 is 0 Å². The molecular weight excluding hydrogens is 324 g/mol. The van der Waals surface area contributed by atoms with Crippen LogP contribution in [0.2, 0.25) is 0 Å². The van der Waals surface area contributed by atoms with Gasteiger partial charge in [-0.3, -0.25) is 0 Å². The van der Waals surface area contributed by atoms with Crippen LogP contribution in [0.4, 0.5) is 0 Å². The average Bonchev–Trinajstić information content (AvgIpc) is 2.59. The van der Waals surface area contributed by atoms with Gasteiger partial charge in [-0.25, -0.2) is 0 Å². The molecule has 2 unspecified atom stereocenters. The summed E-state index contributed by atoms with van der Waals surface area (Å²) in [6.45, 7) is 20.0. The molecule has 0 aliphatic carbocycles. The Bertz CT molecular complexity index is 468. The third kappa shape index (κ3) is 15.7. The highest BCUT2D eigenvalue weighted by Crippen LogP contribution is 2.25. The second-order valence-corrected chi connectivity index (χ2v) is 9.22. The minimum absolute atomic E-state index is 0.583. The molecule has 156 valence electrons. The topological polar surface area (TPSA) is 0 Å². The van der Waals surface area contributed by atoms with E-state index in [0.717, 1.165) is 18.3 Å². The maximum absolute atomic E-state index is 3.94. The molecule has 0 aromatic rings. The van der Waals surface area contributed by atoms with E-state index in [1.54, 1.807) is 11.1 Å². The van der Waals surface area contributed by atoms with Crippen molar-refractivity contribution < 1.29 is 0 Å². The summed E-state index contributed by atoms with van der Waals surface area (Å²) < 4.78 is 0. The Morgan fingerprint density at radius 1 is 0.815 bits per heavy atom. The standard InChI is InChI=1S/C27H48/c1-9-24(6)20-21-27(26(8)18-13-15-23(4)5)19-11-10-16-25(7)17-12-14-22(2)3/h9,14,16,21,23-24,26H,1,10-13,15,17-20H2,2-8H3/b25-16-,27-21-. The Morgan fingerprint density at radius 2 is 1.52 bits per heavy atom. The van der Waals surface area contributed by atoms with E-state index in [1.807, 2.05) is 0 Å². The van der Waals surface area contributed by atoms with E-state index >= 15 is 0 Å². The van der Waals surface area contributed by atoms with Crippen molar-refractivity contribution in [2.45, 2.75) is 106 Å². The molecule has 0 aliphatic rings. The third-order valence-electron chi connectivity index (χ3n) is 5.46. The first-order valence-corrected chi connectivity index (χ1v) is 11.4. The second kappa shape index (κ2) is 16.0. The van der Waals surface area contributed by atoms with E-state index in [9.17, 15) is 0 Å². The van der Waals surface area contributed by atoms with Crippen molar-refractivity contribution >= 4 is 0 Å².